The lowest BCUT2D eigenvalue weighted by atomic mass is 10.7. The molecule has 0 atom stereocenters. The Morgan fingerprint density at radius 3 is 2.50 bits per heavy atom. The molecule has 0 amide bonds. The topological polar surface area (TPSA) is 66.2 Å². The quantitative estimate of drug-likeness (QED) is 0.435. The van der Waals surface area contributed by atoms with Gasteiger partial charge in [0, 0.05) is 0 Å². The van der Waals surface area contributed by atoms with Crippen molar-refractivity contribution in [1.29, 1.82) is 0 Å². The number of aromatic nitrogens is 1. The average molecular weight is 133 g/mol. The Hall–Kier alpha value is -0.840. The Morgan fingerprint density at radius 1 is 1.75 bits per heavy atom. The summed E-state index contributed by atoms with van der Waals surface area (Å²) in [5, 5.41) is 10.3. The highest BCUT2D eigenvalue weighted by Gasteiger charge is 2.03. The van der Waals surface area contributed by atoms with Crippen molar-refractivity contribution in [1.82, 2.24) is 5.16 Å². The molecule has 0 spiro atoms. The van der Waals surface area contributed by atoms with Gasteiger partial charge in [-0.3, -0.25) is 4.79 Å². The van der Waals surface area contributed by atoms with E-state index < -0.39 is 11.3 Å². The highest BCUT2D eigenvalue weighted by Crippen LogP contribution is 2.12. The smallest absolute Gasteiger partial charge is 0.323 e. The summed E-state index contributed by atoms with van der Waals surface area (Å²) in [7, 11) is 0. The molecule has 0 unspecified atom stereocenters. The third kappa shape index (κ3) is 0.604. The molecule has 0 bridgehead atoms. The summed E-state index contributed by atoms with van der Waals surface area (Å²) < 4.78 is 4.27. The molecule has 8 heavy (non-hydrogen) atoms. The highest BCUT2D eigenvalue weighted by atomic mass is 32.1. The standard InChI is InChI=1S/C3H3NO3S/c5-1-2(6)4-7-3(1)8/h5,8H,(H,4,6). The van der Waals surface area contributed by atoms with Gasteiger partial charge in [0.2, 0.25) is 10.8 Å². The second kappa shape index (κ2) is 1.59. The summed E-state index contributed by atoms with van der Waals surface area (Å²) in [5.74, 6) is -0.478. The number of hydrogen-bond acceptors (Lipinski definition) is 4. The molecule has 4 nitrogen and oxygen atoms in total. The third-order valence-corrected chi connectivity index (χ3v) is 0.961. The third-order valence-electron chi connectivity index (χ3n) is 0.658. The highest BCUT2D eigenvalue weighted by molar-refractivity contribution is 7.80. The summed E-state index contributed by atoms with van der Waals surface area (Å²) in [5.41, 5.74) is -0.657. The largest absolute Gasteiger partial charge is 0.500 e. The van der Waals surface area contributed by atoms with Gasteiger partial charge < -0.3 is 9.63 Å². The van der Waals surface area contributed by atoms with Crippen molar-refractivity contribution in [3.63, 3.8) is 0 Å². The van der Waals surface area contributed by atoms with E-state index >= 15 is 0 Å². The van der Waals surface area contributed by atoms with Crippen LogP contribution in [0.15, 0.2) is 14.4 Å². The molecular formula is C3H3NO3S. The van der Waals surface area contributed by atoms with Crippen molar-refractivity contribution in [2.24, 2.45) is 0 Å². The Labute approximate surface area is 49.5 Å². The molecule has 0 aliphatic rings. The Bertz CT molecular complexity index is 237. The van der Waals surface area contributed by atoms with Gasteiger partial charge in [0.05, 0.1) is 0 Å². The van der Waals surface area contributed by atoms with Crippen LogP contribution < -0.4 is 5.56 Å². The summed E-state index contributed by atoms with van der Waals surface area (Å²) in [6, 6.07) is 0. The van der Waals surface area contributed by atoms with E-state index in [1.54, 1.807) is 0 Å². The van der Waals surface area contributed by atoms with E-state index in [2.05, 4.69) is 17.2 Å². The van der Waals surface area contributed by atoms with Crippen molar-refractivity contribution < 1.29 is 9.63 Å². The molecule has 2 N–H and O–H groups in total. The zero-order chi connectivity index (χ0) is 6.15. The van der Waals surface area contributed by atoms with E-state index in [1.165, 1.54) is 0 Å². The Balaban J connectivity index is 3.41. The van der Waals surface area contributed by atoms with E-state index in [0.29, 0.717) is 0 Å². The zero-order valence-electron chi connectivity index (χ0n) is 3.71. The first-order valence-electron chi connectivity index (χ1n) is 1.81. The number of aromatic amines is 1. The van der Waals surface area contributed by atoms with Crippen LogP contribution in [0.1, 0.15) is 0 Å². The summed E-state index contributed by atoms with van der Waals surface area (Å²) in [4.78, 5) is 10.2. The van der Waals surface area contributed by atoms with Gasteiger partial charge in [-0.25, -0.2) is 0 Å². The minimum atomic E-state index is -0.657. The zero-order valence-corrected chi connectivity index (χ0v) is 4.61. The lowest BCUT2D eigenvalue weighted by molar-refractivity contribution is 0.332. The van der Waals surface area contributed by atoms with Crippen molar-refractivity contribution in [3.05, 3.63) is 10.4 Å². The maximum atomic E-state index is 10.2. The molecule has 1 aromatic heterocycles. The van der Waals surface area contributed by atoms with Crippen LogP contribution in [0.5, 0.6) is 5.75 Å². The summed E-state index contributed by atoms with van der Waals surface area (Å²) in [6.07, 6.45) is 0. The first-order valence-corrected chi connectivity index (χ1v) is 2.26. The molecule has 0 fully saturated rings. The van der Waals surface area contributed by atoms with Crippen LogP contribution in [-0.2, 0) is 0 Å². The van der Waals surface area contributed by atoms with E-state index in [1.807, 2.05) is 5.16 Å². The first kappa shape index (κ1) is 5.30. The molecule has 0 aliphatic carbocycles. The fraction of sp³-hybridized carbons (Fsp3) is 0. The number of H-pyrrole nitrogens is 1. The molecule has 0 radical (unpaired) electrons. The SMILES string of the molecule is O=c1[nH]oc(S)c1O. The minimum Gasteiger partial charge on any atom is -0.500 e. The fourth-order valence-electron chi connectivity index (χ4n) is 0.288. The predicted octanol–water partition coefficient (Wildman–Crippen LogP) is -0.0378. The Kier molecular flexibility index (Phi) is 1.05. The number of thiol groups is 1. The van der Waals surface area contributed by atoms with Gasteiger partial charge in [-0.15, -0.1) is 0 Å². The van der Waals surface area contributed by atoms with E-state index in [9.17, 15) is 4.79 Å². The summed E-state index contributed by atoms with van der Waals surface area (Å²) in [6.45, 7) is 0. The van der Waals surface area contributed by atoms with Crippen LogP contribution >= 0.6 is 12.6 Å². The van der Waals surface area contributed by atoms with Gasteiger partial charge in [0.1, 0.15) is 0 Å². The van der Waals surface area contributed by atoms with Gasteiger partial charge in [0.25, 0.3) is 0 Å². The molecule has 5 heteroatoms. The number of hydrogen-bond donors (Lipinski definition) is 3. The molecule has 0 saturated heterocycles. The van der Waals surface area contributed by atoms with Crippen molar-refractivity contribution >= 4 is 12.6 Å². The van der Waals surface area contributed by atoms with Gasteiger partial charge in [-0.05, 0) is 0 Å². The monoisotopic (exact) mass is 133 g/mol. The molecule has 44 valence electrons. The van der Waals surface area contributed by atoms with E-state index in [0.717, 1.165) is 0 Å². The van der Waals surface area contributed by atoms with Gasteiger partial charge in [0.15, 0.2) is 0 Å². The fourth-order valence-corrected chi connectivity index (χ4v) is 0.436. The van der Waals surface area contributed by atoms with Crippen LogP contribution in [-0.4, -0.2) is 10.3 Å². The lowest BCUT2D eigenvalue weighted by Gasteiger charge is -1.74. The lowest BCUT2D eigenvalue weighted by Crippen LogP contribution is -1.94. The molecule has 0 aliphatic heterocycles. The van der Waals surface area contributed by atoms with Crippen molar-refractivity contribution in [2.75, 3.05) is 0 Å². The second-order valence-electron chi connectivity index (χ2n) is 1.19. The van der Waals surface area contributed by atoms with Crippen LogP contribution in [0.2, 0.25) is 0 Å². The van der Waals surface area contributed by atoms with E-state index in [4.69, 9.17) is 5.11 Å². The Morgan fingerprint density at radius 2 is 2.38 bits per heavy atom. The maximum absolute atomic E-state index is 10.2. The second-order valence-corrected chi connectivity index (χ2v) is 1.59. The minimum absolute atomic E-state index is 0.0880. The van der Waals surface area contributed by atoms with Crippen molar-refractivity contribution in [2.45, 2.75) is 5.09 Å². The maximum Gasteiger partial charge on any atom is 0.323 e. The molecule has 0 aromatic carbocycles. The van der Waals surface area contributed by atoms with Gasteiger partial charge in [-0.2, -0.15) is 5.16 Å². The number of nitrogens with one attached hydrogen (secondary N) is 1. The first-order chi connectivity index (χ1) is 3.72. The molecule has 1 aromatic rings. The molecule has 1 rings (SSSR count). The normalized spacial score (nSPS) is 9.62. The van der Waals surface area contributed by atoms with Crippen LogP contribution in [0.4, 0.5) is 0 Å². The molecule has 1 heterocycles. The molecular weight excluding hydrogens is 130 g/mol. The van der Waals surface area contributed by atoms with Gasteiger partial charge >= 0.3 is 5.56 Å². The van der Waals surface area contributed by atoms with Crippen molar-refractivity contribution in [3.8, 4) is 5.75 Å². The van der Waals surface area contributed by atoms with E-state index in [-0.39, 0.29) is 5.09 Å². The molecule has 0 saturated carbocycles. The van der Waals surface area contributed by atoms with Crippen LogP contribution in [0, 0.1) is 0 Å². The number of rotatable bonds is 0. The van der Waals surface area contributed by atoms with Gasteiger partial charge in [-0.1, -0.05) is 12.6 Å². The predicted molar refractivity (Wildman–Crippen MR) is 28.2 cm³/mol. The van der Waals surface area contributed by atoms with Crippen LogP contribution in [0.25, 0.3) is 0 Å². The average Bonchev–Trinajstić information content (AvgIpc) is 1.98. The number of aromatic hydroxyl groups is 1. The summed E-state index contributed by atoms with van der Waals surface area (Å²) >= 11 is 3.57. The van der Waals surface area contributed by atoms with Crippen LogP contribution in [0.3, 0.4) is 0 Å².